The number of thioether (sulfide) groups is 1. The molecule has 0 amide bonds. The SMILES string of the molecule is Cc1cc(Br)c(NC2=NC3(CCC(C)CC3)CS2)c(Br)c1. The molecule has 1 aromatic rings. The molecule has 1 heterocycles. The minimum absolute atomic E-state index is 0.198. The first kappa shape index (κ1) is 15.9. The van der Waals surface area contributed by atoms with Crippen LogP contribution in [0.4, 0.5) is 5.69 Å². The Hall–Kier alpha value is -0.000000000000000111. The summed E-state index contributed by atoms with van der Waals surface area (Å²) in [6.45, 7) is 4.46. The number of hydrogen-bond donors (Lipinski definition) is 1. The summed E-state index contributed by atoms with van der Waals surface area (Å²) in [5, 5.41) is 4.57. The van der Waals surface area contributed by atoms with Gasteiger partial charge in [-0.1, -0.05) is 18.7 Å². The van der Waals surface area contributed by atoms with Crippen LogP contribution in [-0.2, 0) is 0 Å². The van der Waals surface area contributed by atoms with E-state index in [-0.39, 0.29) is 5.54 Å². The topological polar surface area (TPSA) is 24.4 Å². The molecular weight excluding hydrogens is 412 g/mol. The van der Waals surface area contributed by atoms with E-state index in [2.05, 4.69) is 63.2 Å². The van der Waals surface area contributed by atoms with Crippen molar-refractivity contribution < 1.29 is 0 Å². The fourth-order valence-corrected chi connectivity index (χ4v) is 5.83. The number of aliphatic imine (C=N–C) groups is 1. The van der Waals surface area contributed by atoms with Crippen molar-refractivity contribution in [3.63, 3.8) is 0 Å². The van der Waals surface area contributed by atoms with Gasteiger partial charge in [0.1, 0.15) is 0 Å². The normalized spacial score (nSPS) is 28.8. The highest BCUT2D eigenvalue weighted by Crippen LogP contribution is 2.42. The molecule has 2 nitrogen and oxygen atoms in total. The van der Waals surface area contributed by atoms with Crippen LogP contribution in [-0.4, -0.2) is 16.5 Å². The molecule has 2 aliphatic rings. The molecule has 0 saturated heterocycles. The van der Waals surface area contributed by atoms with E-state index >= 15 is 0 Å². The molecular formula is C16H20Br2N2S. The maximum Gasteiger partial charge on any atom is 0.161 e. The first-order valence-electron chi connectivity index (χ1n) is 7.43. The zero-order valence-electron chi connectivity index (χ0n) is 12.4. The van der Waals surface area contributed by atoms with E-state index in [9.17, 15) is 0 Å². The van der Waals surface area contributed by atoms with Crippen molar-refractivity contribution in [2.24, 2.45) is 10.9 Å². The van der Waals surface area contributed by atoms with Gasteiger partial charge in [0.25, 0.3) is 0 Å². The number of rotatable bonds is 1. The van der Waals surface area contributed by atoms with Crippen molar-refractivity contribution in [1.29, 1.82) is 0 Å². The standard InChI is InChI=1S/C16H20Br2N2S/c1-10-3-5-16(6-4-10)9-21-15(20-16)19-14-12(17)7-11(2)8-13(14)18/h7-8,10H,3-6,9H2,1-2H3,(H,19,20). The lowest BCUT2D eigenvalue weighted by Gasteiger charge is -2.32. The zero-order valence-corrected chi connectivity index (χ0v) is 16.4. The first-order chi connectivity index (χ1) is 9.97. The monoisotopic (exact) mass is 430 g/mol. The maximum absolute atomic E-state index is 5.04. The number of aryl methyl sites for hydroxylation is 1. The molecule has 0 aromatic heterocycles. The Morgan fingerprint density at radius 2 is 1.86 bits per heavy atom. The fraction of sp³-hybridized carbons (Fsp3) is 0.562. The predicted octanol–water partition coefficient (Wildman–Crippen LogP) is 5.98. The summed E-state index contributed by atoms with van der Waals surface area (Å²) < 4.78 is 2.16. The van der Waals surface area contributed by atoms with Crippen LogP contribution >= 0.6 is 43.6 Å². The Balaban J connectivity index is 1.77. The average Bonchev–Trinajstić information content (AvgIpc) is 2.81. The summed E-state index contributed by atoms with van der Waals surface area (Å²) in [7, 11) is 0. The minimum atomic E-state index is 0.198. The molecule has 5 heteroatoms. The van der Waals surface area contributed by atoms with Gasteiger partial charge in [0.2, 0.25) is 0 Å². The Kier molecular flexibility index (Phi) is 4.72. The molecule has 1 aliphatic heterocycles. The molecule has 114 valence electrons. The summed E-state index contributed by atoms with van der Waals surface area (Å²) in [5.74, 6) is 2.00. The number of hydrogen-bond acceptors (Lipinski definition) is 3. The maximum atomic E-state index is 5.04. The summed E-state index contributed by atoms with van der Waals surface area (Å²) in [4.78, 5) is 5.04. The lowest BCUT2D eigenvalue weighted by molar-refractivity contribution is 0.273. The van der Waals surface area contributed by atoms with Gasteiger partial charge in [0.05, 0.1) is 11.2 Å². The van der Waals surface area contributed by atoms with Gasteiger partial charge in [-0.05, 0) is 88.1 Å². The third-order valence-electron chi connectivity index (χ3n) is 4.44. The molecule has 1 spiro atoms. The fourth-order valence-electron chi connectivity index (χ4n) is 3.03. The van der Waals surface area contributed by atoms with Crippen molar-refractivity contribution >= 4 is 54.5 Å². The Morgan fingerprint density at radius 3 is 2.48 bits per heavy atom. The molecule has 1 saturated carbocycles. The van der Waals surface area contributed by atoms with E-state index in [1.54, 1.807) is 0 Å². The summed E-state index contributed by atoms with van der Waals surface area (Å²) >= 11 is 9.15. The second-order valence-electron chi connectivity index (χ2n) is 6.34. The predicted molar refractivity (Wildman–Crippen MR) is 100 cm³/mol. The van der Waals surface area contributed by atoms with Crippen LogP contribution in [0.15, 0.2) is 26.1 Å². The van der Waals surface area contributed by atoms with Crippen molar-refractivity contribution in [1.82, 2.24) is 0 Å². The minimum Gasteiger partial charge on any atom is -0.333 e. The molecule has 0 unspecified atom stereocenters. The van der Waals surface area contributed by atoms with E-state index in [4.69, 9.17) is 4.99 Å². The number of anilines is 1. The van der Waals surface area contributed by atoms with Gasteiger partial charge in [-0.15, -0.1) is 0 Å². The molecule has 1 fully saturated rings. The van der Waals surface area contributed by atoms with Gasteiger partial charge in [0, 0.05) is 14.7 Å². The smallest absolute Gasteiger partial charge is 0.161 e. The molecule has 1 aromatic carbocycles. The number of amidine groups is 1. The number of nitrogens with zero attached hydrogens (tertiary/aromatic N) is 1. The highest BCUT2D eigenvalue weighted by atomic mass is 79.9. The van der Waals surface area contributed by atoms with E-state index in [1.165, 1.54) is 31.2 Å². The highest BCUT2D eigenvalue weighted by Gasteiger charge is 2.38. The van der Waals surface area contributed by atoms with E-state index in [0.29, 0.717) is 0 Å². The van der Waals surface area contributed by atoms with Crippen LogP contribution in [0.3, 0.4) is 0 Å². The molecule has 0 radical (unpaired) electrons. The zero-order chi connectivity index (χ0) is 15.0. The number of benzene rings is 1. The Morgan fingerprint density at radius 1 is 1.24 bits per heavy atom. The van der Waals surface area contributed by atoms with Gasteiger partial charge in [-0.3, -0.25) is 4.99 Å². The van der Waals surface area contributed by atoms with Crippen LogP contribution in [0.25, 0.3) is 0 Å². The van der Waals surface area contributed by atoms with Crippen LogP contribution in [0.2, 0.25) is 0 Å². The van der Waals surface area contributed by atoms with Gasteiger partial charge >= 0.3 is 0 Å². The summed E-state index contributed by atoms with van der Waals surface area (Å²) in [5.41, 5.74) is 2.51. The van der Waals surface area contributed by atoms with Crippen molar-refractivity contribution in [3.05, 3.63) is 26.6 Å². The van der Waals surface area contributed by atoms with Crippen LogP contribution in [0, 0.1) is 12.8 Å². The second-order valence-corrected chi connectivity index (χ2v) is 9.01. The number of halogens is 2. The van der Waals surface area contributed by atoms with Crippen molar-refractivity contribution in [2.75, 3.05) is 11.1 Å². The quantitative estimate of drug-likeness (QED) is 0.590. The third-order valence-corrected chi connectivity index (χ3v) is 6.84. The van der Waals surface area contributed by atoms with Crippen LogP contribution in [0.5, 0.6) is 0 Å². The van der Waals surface area contributed by atoms with E-state index in [1.807, 2.05) is 11.8 Å². The van der Waals surface area contributed by atoms with Crippen molar-refractivity contribution in [3.8, 4) is 0 Å². The average molecular weight is 432 g/mol. The number of nitrogens with one attached hydrogen (secondary N) is 1. The summed E-state index contributed by atoms with van der Waals surface area (Å²) in [6, 6.07) is 4.26. The molecule has 0 atom stereocenters. The second kappa shape index (κ2) is 6.25. The Labute approximate surface area is 147 Å². The van der Waals surface area contributed by atoms with E-state index in [0.717, 1.165) is 31.5 Å². The molecule has 1 aliphatic carbocycles. The van der Waals surface area contributed by atoms with Crippen LogP contribution < -0.4 is 5.32 Å². The van der Waals surface area contributed by atoms with Gasteiger partial charge in [-0.25, -0.2) is 0 Å². The van der Waals surface area contributed by atoms with Gasteiger partial charge < -0.3 is 5.32 Å². The first-order valence-corrected chi connectivity index (χ1v) is 10.00. The molecule has 0 bridgehead atoms. The molecule has 1 N–H and O–H groups in total. The van der Waals surface area contributed by atoms with Gasteiger partial charge in [-0.2, -0.15) is 0 Å². The third kappa shape index (κ3) is 3.50. The largest absolute Gasteiger partial charge is 0.333 e. The molecule has 3 rings (SSSR count). The Bertz CT molecular complexity index is 555. The highest BCUT2D eigenvalue weighted by molar-refractivity contribution is 9.11. The molecule has 21 heavy (non-hydrogen) atoms. The van der Waals surface area contributed by atoms with Gasteiger partial charge in [0.15, 0.2) is 5.17 Å². The lowest BCUT2D eigenvalue weighted by atomic mass is 9.79. The van der Waals surface area contributed by atoms with Crippen molar-refractivity contribution in [2.45, 2.75) is 45.1 Å². The van der Waals surface area contributed by atoms with Crippen LogP contribution in [0.1, 0.15) is 38.2 Å². The lowest BCUT2D eigenvalue weighted by Crippen LogP contribution is -2.32. The van der Waals surface area contributed by atoms with E-state index < -0.39 is 0 Å². The summed E-state index contributed by atoms with van der Waals surface area (Å²) in [6.07, 6.45) is 5.11.